The number of benzene rings is 1. The normalized spacial score (nSPS) is 14.4. The van der Waals surface area contributed by atoms with Crippen LogP contribution in [0.2, 0.25) is 0 Å². The summed E-state index contributed by atoms with van der Waals surface area (Å²) in [6, 6.07) is 12.0. The molecule has 0 aliphatic heterocycles. The van der Waals surface area contributed by atoms with Crippen molar-refractivity contribution in [1.29, 1.82) is 0 Å². The molecule has 0 unspecified atom stereocenters. The van der Waals surface area contributed by atoms with Crippen LogP contribution in [0.4, 0.5) is 5.82 Å². The van der Waals surface area contributed by atoms with Gasteiger partial charge in [-0.3, -0.25) is 4.68 Å². The lowest BCUT2D eigenvalue weighted by atomic mass is 10.2. The van der Waals surface area contributed by atoms with Crippen LogP contribution in [0.15, 0.2) is 42.6 Å². The summed E-state index contributed by atoms with van der Waals surface area (Å²) in [6.45, 7) is 1.40. The molecule has 0 saturated heterocycles. The molecule has 5 heteroatoms. The van der Waals surface area contributed by atoms with Crippen LogP contribution in [0.1, 0.15) is 18.4 Å². The Morgan fingerprint density at radius 3 is 2.77 bits per heavy atom. The molecule has 22 heavy (non-hydrogen) atoms. The molecule has 5 nitrogen and oxygen atoms in total. The third kappa shape index (κ3) is 2.50. The van der Waals surface area contributed by atoms with Crippen molar-refractivity contribution in [2.75, 3.05) is 5.73 Å². The minimum absolute atomic E-state index is 0.472. The molecular weight excluding hydrogens is 276 g/mol. The third-order valence-electron chi connectivity index (χ3n) is 4.00. The Morgan fingerprint density at radius 2 is 2.00 bits per heavy atom. The SMILES string of the molecule is Nc1nn(CC2CC2)c2ccnc(OCc3ccccc3)c12. The van der Waals surface area contributed by atoms with E-state index in [0.717, 1.165) is 28.9 Å². The number of fused-ring (bicyclic) bond motifs is 1. The van der Waals surface area contributed by atoms with Crippen molar-refractivity contribution in [1.82, 2.24) is 14.8 Å². The molecule has 1 aliphatic rings. The molecule has 0 atom stereocenters. The quantitative estimate of drug-likeness (QED) is 0.785. The first-order valence-electron chi connectivity index (χ1n) is 7.59. The van der Waals surface area contributed by atoms with Gasteiger partial charge in [-0.15, -0.1) is 0 Å². The van der Waals surface area contributed by atoms with Gasteiger partial charge in [0.1, 0.15) is 12.0 Å². The summed E-state index contributed by atoms with van der Waals surface area (Å²) >= 11 is 0. The highest BCUT2D eigenvalue weighted by Gasteiger charge is 2.24. The van der Waals surface area contributed by atoms with Gasteiger partial charge in [0.05, 0.1) is 5.52 Å². The first-order valence-corrected chi connectivity index (χ1v) is 7.59. The lowest BCUT2D eigenvalue weighted by Crippen LogP contribution is -2.02. The van der Waals surface area contributed by atoms with Crippen molar-refractivity contribution < 1.29 is 4.74 Å². The summed E-state index contributed by atoms with van der Waals surface area (Å²) in [6.07, 6.45) is 4.32. The van der Waals surface area contributed by atoms with E-state index in [1.807, 2.05) is 41.1 Å². The Labute approximate surface area is 128 Å². The number of pyridine rings is 1. The monoisotopic (exact) mass is 294 g/mol. The van der Waals surface area contributed by atoms with Gasteiger partial charge in [-0.1, -0.05) is 30.3 Å². The smallest absolute Gasteiger partial charge is 0.227 e. The van der Waals surface area contributed by atoms with Crippen LogP contribution in [0.25, 0.3) is 10.9 Å². The first-order chi connectivity index (χ1) is 10.8. The van der Waals surface area contributed by atoms with E-state index in [-0.39, 0.29) is 0 Å². The predicted molar refractivity (Wildman–Crippen MR) is 85.4 cm³/mol. The Bertz CT molecular complexity index is 793. The molecular formula is C17H18N4O. The van der Waals surface area contributed by atoms with Gasteiger partial charge in [0, 0.05) is 12.7 Å². The van der Waals surface area contributed by atoms with Crippen molar-refractivity contribution in [3.63, 3.8) is 0 Å². The number of nitrogens with two attached hydrogens (primary N) is 1. The van der Waals surface area contributed by atoms with Gasteiger partial charge in [-0.05, 0) is 30.4 Å². The van der Waals surface area contributed by atoms with Crippen molar-refractivity contribution >= 4 is 16.7 Å². The average molecular weight is 294 g/mol. The van der Waals surface area contributed by atoms with Crippen molar-refractivity contribution in [3.05, 3.63) is 48.2 Å². The van der Waals surface area contributed by atoms with Crippen LogP contribution in [-0.4, -0.2) is 14.8 Å². The van der Waals surface area contributed by atoms with E-state index in [1.54, 1.807) is 6.20 Å². The van der Waals surface area contributed by atoms with Crippen LogP contribution >= 0.6 is 0 Å². The van der Waals surface area contributed by atoms with Gasteiger partial charge >= 0.3 is 0 Å². The van der Waals surface area contributed by atoms with Crippen molar-refractivity contribution in [3.8, 4) is 5.88 Å². The largest absolute Gasteiger partial charge is 0.472 e. The van der Waals surface area contributed by atoms with Crippen LogP contribution in [0, 0.1) is 5.92 Å². The topological polar surface area (TPSA) is 66.0 Å². The van der Waals surface area contributed by atoms with E-state index in [1.165, 1.54) is 12.8 Å². The standard InChI is InChI=1S/C17H18N4O/c18-16-15-14(21(20-16)10-12-6-7-12)8-9-19-17(15)22-11-13-4-2-1-3-5-13/h1-5,8-9,12H,6-7,10-11H2,(H2,18,20). The maximum Gasteiger partial charge on any atom is 0.227 e. The number of nitrogen functional groups attached to an aromatic ring is 1. The molecule has 0 spiro atoms. The molecule has 1 aromatic carbocycles. The average Bonchev–Trinajstić information content (AvgIpc) is 3.31. The van der Waals surface area contributed by atoms with Crippen LogP contribution in [0.3, 0.4) is 0 Å². The molecule has 4 rings (SSSR count). The number of rotatable bonds is 5. The molecule has 3 aromatic rings. The zero-order valence-electron chi connectivity index (χ0n) is 12.3. The van der Waals surface area contributed by atoms with Crippen LogP contribution in [-0.2, 0) is 13.2 Å². The summed E-state index contributed by atoms with van der Waals surface area (Å²) < 4.78 is 7.86. The maximum absolute atomic E-state index is 6.09. The Morgan fingerprint density at radius 1 is 1.18 bits per heavy atom. The van der Waals surface area contributed by atoms with E-state index >= 15 is 0 Å². The number of hydrogen-bond acceptors (Lipinski definition) is 4. The van der Waals surface area contributed by atoms with Crippen molar-refractivity contribution in [2.45, 2.75) is 26.0 Å². The maximum atomic E-state index is 6.09. The molecule has 112 valence electrons. The lowest BCUT2D eigenvalue weighted by Gasteiger charge is -2.07. The molecule has 0 radical (unpaired) electrons. The first kappa shape index (κ1) is 13.1. The summed E-state index contributed by atoms with van der Waals surface area (Å²) in [5.41, 5.74) is 8.20. The minimum atomic E-state index is 0.472. The fourth-order valence-corrected chi connectivity index (χ4v) is 2.64. The zero-order chi connectivity index (χ0) is 14.9. The van der Waals surface area contributed by atoms with Gasteiger partial charge in [-0.2, -0.15) is 5.10 Å². The van der Waals surface area contributed by atoms with Crippen LogP contribution < -0.4 is 10.5 Å². The predicted octanol–water partition coefficient (Wildman–Crippen LogP) is 3.00. The molecule has 0 amide bonds. The number of anilines is 1. The van der Waals surface area contributed by atoms with Gasteiger partial charge in [0.15, 0.2) is 5.82 Å². The summed E-state index contributed by atoms with van der Waals surface area (Å²) in [4.78, 5) is 4.34. The number of ether oxygens (including phenoxy) is 1. The van der Waals surface area contributed by atoms with Gasteiger partial charge in [-0.25, -0.2) is 4.98 Å². The van der Waals surface area contributed by atoms with E-state index in [2.05, 4.69) is 10.1 Å². The number of hydrogen-bond donors (Lipinski definition) is 1. The highest BCUT2D eigenvalue weighted by Crippen LogP contribution is 2.34. The minimum Gasteiger partial charge on any atom is -0.472 e. The second-order valence-corrected chi connectivity index (χ2v) is 5.80. The van der Waals surface area contributed by atoms with E-state index in [4.69, 9.17) is 10.5 Å². The van der Waals surface area contributed by atoms with E-state index < -0.39 is 0 Å². The number of nitrogens with zero attached hydrogens (tertiary/aromatic N) is 3. The zero-order valence-corrected chi connectivity index (χ0v) is 12.3. The highest BCUT2D eigenvalue weighted by atomic mass is 16.5. The highest BCUT2D eigenvalue weighted by molar-refractivity contribution is 5.93. The van der Waals surface area contributed by atoms with Crippen LogP contribution in [0.5, 0.6) is 5.88 Å². The molecule has 2 N–H and O–H groups in total. The molecule has 1 saturated carbocycles. The summed E-state index contributed by atoms with van der Waals surface area (Å²) in [7, 11) is 0. The fraction of sp³-hybridized carbons (Fsp3) is 0.294. The Hall–Kier alpha value is -2.56. The fourth-order valence-electron chi connectivity index (χ4n) is 2.64. The summed E-state index contributed by atoms with van der Waals surface area (Å²) in [5, 5.41) is 5.28. The van der Waals surface area contributed by atoms with Gasteiger partial charge in [0.2, 0.25) is 5.88 Å². The van der Waals surface area contributed by atoms with Gasteiger partial charge < -0.3 is 10.5 Å². The van der Waals surface area contributed by atoms with E-state index in [9.17, 15) is 0 Å². The number of aromatic nitrogens is 3. The molecule has 1 fully saturated rings. The van der Waals surface area contributed by atoms with E-state index in [0.29, 0.717) is 18.3 Å². The molecule has 2 heterocycles. The second-order valence-electron chi connectivity index (χ2n) is 5.80. The molecule has 2 aromatic heterocycles. The van der Waals surface area contributed by atoms with Gasteiger partial charge in [0.25, 0.3) is 0 Å². The van der Waals surface area contributed by atoms with Crippen molar-refractivity contribution in [2.24, 2.45) is 5.92 Å². The molecule has 1 aliphatic carbocycles. The summed E-state index contributed by atoms with van der Waals surface area (Å²) in [5.74, 6) is 1.79. The second kappa shape index (κ2) is 5.33. The Kier molecular flexibility index (Phi) is 3.18. The Balaban J connectivity index is 1.64. The molecule has 0 bridgehead atoms. The lowest BCUT2D eigenvalue weighted by molar-refractivity contribution is 0.298. The third-order valence-corrected chi connectivity index (χ3v) is 4.00.